The first-order valence-corrected chi connectivity index (χ1v) is 5.33. The van der Waals surface area contributed by atoms with Gasteiger partial charge in [-0.15, -0.1) is 0 Å². The Morgan fingerprint density at radius 1 is 1.40 bits per heavy atom. The van der Waals surface area contributed by atoms with E-state index < -0.39 is 5.60 Å². The Labute approximate surface area is 89.7 Å². The Balaban J connectivity index is 2.02. The molecule has 0 unspecified atom stereocenters. The van der Waals surface area contributed by atoms with Crippen molar-refractivity contribution in [3.63, 3.8) is 0 Å². The summed E-state index contributed by atoms with van der Waals surface area (Å²) in [6.07, 6.45) is 3.78. The van der Waals surface area contributed by atoms with Gasteiger partial charge in [-0.1, -0.05) is 0 Å². The molecule has 1 fully saturated rings. The molecule has 1 aromatic rings. The zero-order chi connectivity index (χ0) is 10.9. The molecular weight excluding hydrogens is 192 g/mol. The summed E-state index contributed by atoms with van der Waals surface area (Å²) in [5.41, 5.74) is -0.590. The molecule has 1 N–H and O–H groups in total. The summed E-state index contributed by atoms with van der Waals surface area (Å²) < 4.78 is 1.73. The van der Waals surface area contributed by atoms with Crippen molar-refractivity contribution in [2.24, 2.45) is 7.05 Å². The van der Waals surface area contributed by atoms with Crippen LogP contribution in [0.15, 0.2) is 6.33 Å². The molecule has 0 saturated carbocycles. The smallest absolute Gasteiger partial charge is 0.138 e. The number of aryl methyl sites for hydroxylation is 1. The highest BCUT2D eigenvalue weighted by atomic mass is 16.3. The van der Waals surface area contributed by atoms with Crippen LogP contribution in [0.25, 0.3) is 0 Å². The molecule has 0 bridgehead atoms. The van der Waals surface area contributed by atoms with Crippen molar-refractivity contribution in [2.45, 2.75) is 24.9 Å². The van der Waals surface area contributed by atoms with Crippen LogP contribution in [0.3, 0.4) is 0 Å². The number of nitrogens with zero attached hydrogens (tertiary/aromatic N) is 4. The van der Waals surface area contributed by atoms with E-state index >= 15 is 0 Å². The van der Waals surface area contributed by atoms with Crippen LogP contribution in [0.5, 0.6) is 0 Å². The van der Waals surface area contributed by atoms with Crippen LogP contribution in [0.4, 0.5) is 0 Å². The maximum absolute atomic E-state index is 10.4. The van der Waals surface area contributed by atoms with Crippen LogP contribution >= 0.6 is 0 Å². The van der Waals surface area contributed by atoms with Gasteiger partial charge in [0.2, 0.25) is 0 Å². The first kappa shape index (κ1) is 10.6. The second-order valence-corrected chi connectivity index (χ2v) is 4.50. The minimum Gasteiger partial charge on any atom is -0.389 e. The zero-order valence-corrected chi connectivity index (χ0v) is 9.35. The van der Waals surface area contributed by atoms with Gasteiger partial charge in [0.15, 0.2) is 0 Å². The van der Waals surface area contributed by atoms with Gasteiger partial charge in [0.1, 0.15) is 12.2 Å². The molecule has 2 heterocycles. The summed E-state index contributed by atoms with van der Waals surface area (Å²) in [5, 5.41) is 14.4. The molecule has 2 rings (SSSR count). The quantitative estimate of drug-likeness (QED) is 0.735. The van der Waals surface area contributed by atoms with Crippen LogP contribution in [-0.4, -0.2) is 50.5 Å². The van der Waals surface area contributed by atoms with Crippen LogP contribution in [0.2, 0.25) is 0 Å². The van der Waals surface area contributed by atoms with Gasteiger partial charge < -0.3 is 10.0 Å². The van der Waals surface area contributed by atoms with E-state index in [2.05, 4.69) is 22.0 Å². The second-order valence-electron chi connectivity index (χ2n) is 4.50. The Morgan fingerprint density at radius 3 is 2.60 bits per heavy atom. The van der Waals surface area contributed by atoms with E-state index in [1.807, 2.05) is 7.05 Å². The molecule has 84 valence electrons. The molecular formula is C10H18N4O. The summed E-state index contributed by atoms with van der Waals surface area (Å²) in [6, 6.07) is 0. The van der Waals surface area contributed by atoms with Crippen LogP contribution < -0.4 is 0 Å². The molecule has 1 aromatic heterocycles. The average molecular weight is 210 g/mol. The van der Waals surface area contributed by atoms with Crippen LogP contribution in [-0.2, 0) is 13.5 Å². The summed E-state index contributed by atoms with van der Waals surface area (Å²) in [4.78, 5) is 6.39. The maximum Gasteiger partial charge on any atom is 0.138 e. The van der Waals surface area contributed by atoms with Crippen molar-refractivity contribution >= 4 is 0 Å². The number of rotatable bonds is 2. The molecule has 0 atom stereocenters. The number of aliphatic hydroxyl groups is 1. The predicted molar refractivity (Wildman–Crippen MR) is 56.4 cm³/mol. The van der Waals surface area contributed by atoms with E-state index in [1.165, 1.54) is 6.33 Å². The van der Waals surface area contributed by atoms with Crippen molar-refractivity contribution in [1.29, 1.82) is 0 Å². The van der Waals surface area contributed by atoms with E-state index in [1.54, 1.807) is 4.68 Å². The summed E-state index contributed by atoms with van der Waals surface area (Å²) in [7, 11) is 3.95. The number of aromatic nitrogens is 3. The third-order valence-electron chi connectivity index (χ3n) is 3.21. The fourth-order valence-electron chi connectivity index (χ4n) is 1.99. The van der Waals surface area contributed by atoms with Gasteiger partial charge in [-0.2, -0.15) is 5.10 Å². The van der Waals surface area contributed by atoms with Gasteiger partial charge >= 0.3 is 0 Å². The highest BCUT2D eigenvalue weighted by Gasteiger charge is 2.32. The molecule has 0 aromatic carbocycles. The van der Waals surface area contributed by atoms with Gasteiger partial charge in [-0.3, -0.25) is 4.68 Å². The number of hydrogen-bond donors (Lipinski definition) is 1. The average Bonchev–Trinajstić information content (AvgIpc) is 2.58. The van der Waals surface area contributed by atoms with Gasteiger partial charge in [0.05, 0.1) is 5.60 Å². The van der Waals surface area contributed by atoms with Crippen LogP contribution in [0.1, 0.15) is 18.7 Å². The zero-order valence-electron chi connectivity index (χ0n) is 9.35. The largest absolute Gasteiger partial charge is 0.389 e. The third-order valence-corrected chi connectivity index (χ3v) is 3.21. The first-order chi connectivity index (χ1) is 7.09. The molecule has 5 heteroatoms. The SMILES string of the molecule is CN1CCC(O)(Cc2ncnn2C)CC1. The lowest BCUT2D eigenvalue weighted by atomic mass is 9.88. The highest BCUT2D eigenvalue weighted by Crippen LogP contribution is 2.24. The summed E-state index contributed by atoms with van der Waals surface area (Å²) >= 11 is 0. The Bertz CT molecular complexity index is 328. The fraction of sp³-hybridized carbons (Fsp3) is 0.800. The molecule has 1 aliphatic heterocycles. The number of likely N-dealkylation sites (tertiary alicyclic amines) is 1. The van der Waals surface area contributed by atoms with E-state index in [4.69, 9.17) is 0 Å². The summed E-state index contributed by atoms with van der Waals surface area (Å²) in [6.45, 7) is 1.91. The molecule has 0 amide bonds. The summed E-state index contributed by atoms with van der Waals surface area (Å²) in [5.74, 6) is 0.863. The minimum absolute atomic E-state index is 0.590. The van der Waals surface area contributed by atoms with Gasteiger partial charge in [0, 0.05) is 26.6 Å². The normalized spacial score (nSPS) is 21.8. The van der Waals surface area contributed by atoms with E-state index in [-0.39, 0.29) is 0 Å². The molecule has 0 spiro atoms. The Hall–Kier alpha value is -0.940. The van der Waals surface area contributed by atoms with Crippen molar-refractivity contribution in [1.82, 2.24) is 19.7 Å². The van der Waals surface area contributed by atoms with E-state index in [0.717, 1.165) is 31.8 Å². The van der Waals surface area contributed by atoms with Gasteiger partial charge in [-0.05, 0) is 19.9 Å². The standard InChI is InChI=1S/C10H18N4O/c1-13-5-3-10(15,4-6-13)7-9-11-8-12-14(9)2/h8,15H,3-7H2,1-2H3. The predicted octanol–water partition coefficient (Wildman–Crippen LogP) is -0.186. The number of piperidine rings is 1. The monoisotopic (exact) mass is 210 g/mol. The minimum atomic E-state index is -0.590. The van der Waals surface area contributed by atoms with Gasteiger partial charge in [-0.25, -0.2) is 4.98 Å². The molecule has 1 aliphatic rings. The Morgan fingerprint density at radius 2 is 2.07 bits per heavy atom. The first-order valence-electron chi connectivity index (χ1n) is 5.33. The van der Waals surface area contributed by atoms with E-state index in [0.29, 0.717) is 6.42 Å². The van der Waals surface area contributed by atoms with Crippen molar-refractivity contribution in [3.05, 3.63) is 12.2 Å². The molecule has 5 nitrogen and oxygen atoms in total. The topological polar surface area (TPSA) is 54.2 Å². The number of hydrogen-bond acceptors (Lipinski definition) is 4. The van der Waals surface area contributed by atoms with Crippen molar-refractivity contribution in [3.8, 4) is 0 Å². The lowest BCUT2D eigenvalue weighted by molar-refractivity contribution is -0.0171. The lowest BCUT2D eigenvalue weighted by Crippen LogP contribution is -2.44. The molecule has 1 saturated heterocycles. The third kappa shape index (κ3) is 2.35. The van der Waals surface area contributed by atoms with Gasteiger partial charge in [0.25, 0.3) is 0 Å². The van der Waals surface area contributed by atoms with Crippen molar-refractivity contribution in [2.75, 3.05) is 20.1 Å². The second kappa shape index (κ2) is 3.90. The van der Waals surface area contributed by atoms with Crippen LogP contribution in [0, 0.1) is 0 Å². The van der Waals surface area contributed by atoms with Crippen molar-refractivity contribution < 1.29 is 5.11 Å². The lowest BCUT2D eigenvalue weighted by Gasteiger charge is -2.36. The fourth-order valence-corrected chi connectivity index (χ4v) is 1.99. The highest BCUT2D eigenvalue weighted by molar-refractivity contribution is 4.96. The molecule has 0 aliphatic carbocycles. The Kier molecular flexibility index (Phi) is 2.75. The van der Waals surface area contributed by atoms with E-state index in [9.17, 15) is 5.11 Å². The molecule has 0 radical (unpaired) electrons. The maximum atomic E-state index is 10.4. The molecule has 15 heavy (non-hydrogen) atoms.